The van der Waals surface area contributed by atoms with Crippen LogP contribution in [0, 0.1) is 0 Å². The van der Waals surface area contributed by atoms with Gasteiger partial charge >= 0.3 is 0 Å². The summed E-state index contributed by atoms with van der Waals surface area (Å²) in [4.78, 5) is 15.2. The van der Waals surface area contributed by atoms with Gasteiger partial charge in [0.1, 0.15) is 5.82 Å². The lowest BCUT2D eigenvalue weighted by atomic mass is 10.1. The number of nitrogens with zero attached hydrogens (tertiary/aromatic N) is 2. The summed E-state index contributed by atoms with van der Waals surface area (Å²) in [6.45, 7) is 2.03. The van der Waals surface area contributed by atoms with Crippen molar-refractivity contribution < 1.29 is 4.79 Å². The van der Waals surface area contributed by atoms with Crippen LogP contribution in [0.4, 0.5) is 0 Å². The van der Waals surface area contributed by atoms with Gasteiger partial charge in [0.05, 0.1) is 11.7 Å². The monoisotopic (exact) mass is 215 g/mol. The highest BCUT2D eigenvalue weighted by atomic mass is 16.1. The summed E-state index contributed by atoms with van der Waals surface area (Å²) in [6.07, 6.45) is 5.71. The van der Waals surface area contributed by atoms with Gasteiger partial charge in [0.25, 0.3) is 0 Å². The molecule has 4 nitrogen and oxygen atoms in total. The highest BCUT2D eigenvalue weighted by Gasteiger charge is 2.20. The van der Waals surface area contributed by atoms with Gasteiger partial charge in [0, 0.05) is 24.2 Å². The Morgan fingerprint density at radius 3 is 3.19 bits per heavy atom. The fourth-order valence-electron chi connectivity index (χ4n) is 2.27. The van der Waals surface area contributed by atoms with Gasteiger partial charge in [-0.3, -0.25) is 4.79 Å². The first-order chi connectivity index (χ1) is 7.88. The maximum atomic E-state index is 10.8. The normalized spacial score (nSPS) is 20.4. The van der Waals surface area contributed by atoms with E-state index >= 15 is 0 Å². The largest absolute Gasteiger partial charge is 0.316 e. The first-order valence-corrected chi connectivity index (χ1v) is 5.51. The van der Waals surface area contributed by atoms with Crippen molar-refractivity contribution >= 4 is 11.8 Å². The van der Waals surface area contributed by atoms with Gasteiger partial charge in [-0.2, -0.15) is 0 Å². The number of aromatic nitrogens is 2. The molecule has 1 saturated heterocycles. The zero-order valence-corrected chi connectivity index (χ0v) is 8.89. The molecule has 2 aromatic rings. The van der Waals surface area contributed by atoms with E-state index in [1.54, 1.807) is 0 Å². The number of aldehydes is 1. The van der Waals surface area contributed by atoms with Crippen molar-refractivity contribution in [3.05, 3.63) is 35.9 Å². The smallest absolute Gasteiger partial charge is 0.151 e. The topological polar surface area (TPSA) is 46.4 Å². The molecular formula is C12H13N3O. The predicted molar refractivity (Wildman–Crippen MR) is 60.8 cm³/mol. The van der Waals surface area contributed by atoms with Gasteiger partial charge in [-0.1, -0.05) is 0 Å². The number of hydrogen-bond acceptors (Lipinski definition) is 3. The van der Waals surface area contributed by atoms with E-state index in [1.807, 2.05) is 28.9 Å². The van der Waals surface area contributed by atoms with E-state index in [4.69, 9.17) is 0 Å². The Morgan fingerprint density at radius 2 is 2.44 bits per heavy atom. The van der Waals surface area contributed by atoms with Gasteiger partial charge < -0.3 is 9.72 Å². The highest BCUT2D eigenvalue weighted by molar-refractivity contribution is 5.75. The summed E-state index contributed by atoms with van der Waals surface area (Å²) in [5.74, 6) is 1.52. The molecule has 82 valence electrons. The molecule has 1 aliphatic rings. The second-order valence-corrected chi connectivity index (χ2v) is 4.18. The molecule has 1 unspecified atom stereocenters. The number of nitrogens with one attached hydrogen (secondary N) is 1. The van der Waals surface area contributed by atoms with Crippen LogP contribution < -0.4 is 5.32 Å². The van der Waals surface area contributed by atoms with Gasteiger partial charge in [-0.05, 0) is 25.1 Å². The molecule has 1 N–H and O–H groups in total. The molecule has 16 heavy (non-hydrogen) atoms. The van der Waals surface area contributed by atoms with Crippen molar-refractivity contribution in [3.63, 3.8) is 0 Å². The van der Waals surface area contributed by atoms with Crippen LogP contribution in [-0.4, -0.2) is 28.8 Å². The molecule has 4 heteroatoms. The lowest BCUT2D eigenvalue weighted by Gasteiger charge is -2.07. The minimum atomic E-state index is 0.462. The van der Waals surface area contributed by atoms with E-state index in [2.05, 4.69) is 10.3 Å². The molecule has 3 rings (SSSR count). The van der Waals surface area contributed by atoms with Crippen LogP contribution >= 0.6 is 0 Å². The Kier molecular flexibility index (Phi) is 2.22. The van der Waals surface area contributed by atoms with Gasteiger partial charge in [-0.15, -0.1) is 0 Å². The molecule has 1 atom stereocenters. The molecule has 0 radical (unpaired) electrons. The summed E-state index contributed by atoms with van der Waals surface area (Å²) < 4.78 is 2.03. The van der Waals surface area contributed by atoms with Crippen molar-refractivity contribution in [2.24, 2.45) is 0 Å². The number of pyridine rings is 1. The maximum absolute atomic E-state index is 10.8. The quantitative estimate of drug-likeness (QED) is 0.766. The van der Waals surface area contributed by atoms with E-state index < -0.39 is 0 Å². The average Bonchev–Trinajstić information content (AvgIpc) is 2.96. The van der Waals surface area contributed by atoms with Crippen LogP contribution in [0.1, 0.15) is 28.5 Å². The first kappa shape index (κ1) is 9.54. The lowest BCUT2D eigenvalue weighted by molar-refractivity contribution is 0.112. The van der Waals surface area contributed by atoms with Crippen molar-refractivity contribution in [1.29, 1.82) is 0 Å². The molecule has 0 aliphatic carbocycles. The van der Waals surface area contributed by atoms with Crippen molar-refractivity contribution in [2.75, 3.05) is 13.1 Å². The Balaban J connectivity index is 2.13. The minimum Gasteiger partial charge on any atom is -0.316 e. The fourth-order valence-corrected chi connectivity index (χ4v) is 2.27. The standard InChI is InChI=1S/C12H13N3O/c16-8-9-1-2-11-6-14-12(15(11)7-9)10-3-4-13-5-10/h1-2,6-8,10,13H,3-5H2. The van der Waals surface area contributed by atoms with Gasteiger partial charge in [0.2, 0.25) is 0 Å². The van der Waals surface area contributed by atoms with E-state index in [0.29, 0.717) is 11.5 Å². The lowest BCUT2D eigenvalue weighted by Crippen LogP contribution is -2.10. The molecule has 0 amide bonds. The van der Waals surface area contributed by atoms with E-state index in [1.165, 1.54) is 0 Å². The molecule has 0 aromatic carbocycles. The van der Waals surface area contributed by atoms with E-state index in [-0.39, 0.29) is 0 Å². The fraction of sp³-hybridized carbons (Fsp3) is 0.333. The van der Waals surface area contributed by atoms with Crippen LogP contribution in [0.3, 0.4) is 0 Å². The summed E-state index contributed by atoms with van der Waals surface area (Å²) >= 11 is 0. The third-order valence-electron chi connectivity index (χ3n) is 3.14. The molecular weight excluding hydrogens is 202 g/mol. The Bertz CT molecular complexity index is 526. The number of imidazole rings is 1. The average molecular weight is 215 g/mol. The van der Waals surface area contributed by atoms with Crippen LogP contribution in [0.5, 0.6) is 0 Å². The van der Waals surface area contributed by atoms with E-state index in [9.17, 15) is 4.79 Å². The number of rotatable bonds is 2. The number of fused-ring (bicyclic) bond motifs is 1. The molecule has 0 spiro atoms. The molecule has 3 heterocycles. The predicted octanol–water partition coefficient (Wildman–Crippen LogP) is 1.22. The maximum Gasteiger partial charge on any atom is 0.151 e. The van der Waals surface area contributed by atoms with Crippen LogP contribution in [0.25, 0.3) is 5.52 Å². The molecule has 2 aromatic heterocycles. The van der Waals surface area contributed by atoms with Crippen molar-refractivity contribution in [3.8, 4) is 0 Å². The van der Waals surface area contributed by atoms with E-state index in [0.717, 1.165) is 37.1 Å². The SMILES string of the molecule is O=Cc1ccc2cnc(C3CCNC3)n2c1. The summed E-state index contributed by atoms with van der Waals surface area (Å²) in [5, 5.41) is 3.33. The second-order valence-electron chi connectivity index (χ2n) is 4.18. The molecule has 1 aliphatic heterocycles. The van der Waals surface area contributed by atoms with Crippen LogP contribution in [-0.2, 0) is 0 Å². The first-order valence-electron chi connectivity index (χ1n) is 5.51. The van der Waals surface area contributed by atoms with Crippen LogP contribution in [0.15, 0.2) is 24.5 Å². The van der Waals surface area contributed by atoms with Crippen LogP contribution in [0.2, 0.25) is 0 Å². The Morgan fingerprint density at radius 1 is 1.50 bits per heavy atom. The molecule has 0 saturated carbocycles. The third kappa shape index (κ3) is 1.42. The summed E-state index contributed by atoms with van der Waals surface area (Å²) in [5.41, 5.74) is 1.74. The zero-order valence-electron chi connectivity index (χ0n) is 8.89. The Hall–Kier alpha value is -1.68. The highest BCUT2D eigenvalue weighted by Crippen LogP contribution is 2.22. The third-order valence-corrected chi connectivity index (χ3v) is 3.14. The van der Waals surface area contributed by atoms with Gasteiger partial charge in [0.15, 0.2) is 6.29 Å². The Labute approximate surface area is 93.3 Å². The number of hydrogen-bond donors (Lipinski definition) is 1. The number of carbonyl (C=O) groups excluding carboxylic acids is 1. The minimum absolute atomic E-state index is 0.462. The molecule has 0 bridgehead atoms. The molecule has 1 fully saturated rings. The van der Waals surface area contributed by atoms with Crippen molar-refractivity contribution in [1.82, 2.24) is 14.7 Å². The number of carbonyl (C=O) groups is 1. The van der Waals surface area contributed by atoms with Gasteiger partial charge in [-0.25, -0.2) is 4.98 Å². The zero-order chi connectivity index (χ0) is 11.0. The van der Waals surface area contributed by atoms with Crippen molar-refractivity contribution in [2.45, 2.75) is 12.3 Å². The second kappa shape index (κ2) is 3.72. The summed E-state index contributed by atoms with van der Waals surface area (Å²) in [6, 6.07) is 3.75. The summed E-state index contributed by atoms with van der Waals surface area (Å²) in [7, 11) is 0.